The molecule has 10 heteroatoms. The van der Waals surface area contributed by atoms with Crippen LogP contribution in [0.4, 0.5) is 10.6 Å². The number of likely N-dealkylation sites (tertiary alicyclic amines) is 1. The van der Waals surface area contributed by atoms with Gasteiger partial charge in [-0.2, -0.15) is 0 Å². The zero-order valence-electron chi connectivity index (χ0n) is 17.8. The van der Waals surface area contributed by atoms with E-state index in [-0.39, 0.29) is 29.9 Å². The summed E-state index contributed by atoms with van der Waals surface area (Å²) in [5.41, 5.74) is 8.01. The Kier molecular flexibility index (Phi) is 6.05. The highest BCUT2D eigenvalue weighted by atomic mass is 79.9. The highest BCUT2D eigenvalue weighted by molar-refractivity contribution is 9.10. The summed E-state index contributed by atoms with van der Waals surface area (Å²) in [7, 11) is 0. The maximum atomic E-state index is 13.4. The van der Waals surface area contributed by atoms with Crippen molar-refractivity contribution in [3.63, 3.8) is 0 Å². The molecule has 9 nitrogen and oxygen atoms in total. The molecule has 0 radical (unpaired) electrons. The number of benzene rings is 1. The van der Waals surface area contributed by atoms with E-state index >= 15 is 0 Å². The van der Waals surface area contributed by atoms with Gasteiger partial charge in [-0.3, -0.25) is 4.79 Å². The lowest BCUT2D eigenvalue weighted by Gasteiger charge is -2.19. The van der Waals surface area contributed by atoms with Crippen molar-refractivity contribution in [2.24, 2.45) is 0 Å². The molecule has 2 aromatic heterocycles. The number of nitrogens with one attached hydrogen (secondary N) is 1. The van der Waals surface area contributed by atoms with Gasteiger partial charge < -0.3 is 25.6 Å². The Bertz CT molecular complexity index is 1170. The number of aromatic nitrogens is 3. The first-order valence-corrected chi connectivity index (χ1v) is 11.3. The lowest BCUT2D eigenvalue weighted by Crippen LogP contribution is -2.34. The fourth-order valence-electron chi connectivity index (χ4n) is 4.46. The molecule has 1 unspecified atom stereocenters. The lowest BCUT2D eigenvalue weighted by molar-refractivity contribution is 0.0940. The molecule has 1 aliphatic heterocycles. The predicted molar refractivity (Wildman–Crippen MR) is 124 cm³/mol. The number of hydrogen-bond donors (Lipinski definition) is 3. The van der Waals surface area contributed by atoms with E-state index in [1.165, 1.54) is 11.2 Å². The van der Waals surface area contributed by atoms with Crippen molar-refractivity contribution < 1.29 is 14.7 Å². The minimum Gasteiger partial charge on any atom is -0.465 e. The van der Waals surface area contributed by atoms with Crippen molar-refractivity contribution in [3.05, 3.63) is 52.4 Å². The monoisotopic (exact) mass is 500 g/mol. The van der Waals surface area contributed by atoms with Crippen LogP contribution in [0.1, 0.15) is 54.7 Å². The molecule has 1 fully saturated rings. The van der Waals surface area contributed by atoms with Gasteiger partial charge in [0.05, 0.1) is 23.0 Å². The number of carbonyl (C=O) groups excluding carboxylic acids is 1. The van der Waals surface area contributed by atoms with Gasteiger partial charge in [0.25, 0.3) is 5.91 Å². The summed E-state index contributed by atoms with van der Waals surface area (Å²) in [4.78, 5) is 35.0. The van der Waals surface area contributed by atoms with Crippen LogP contribution in [0, 0.1) is 0 Å². The van der Waals surface area contributed by atoms with Crippen LogP contribution in [0.2, 0.25) is 0 Å². The van der Waals surface area contributed by atoms with Crippen molar-refractivity contribution >= 4 is 44.8 Å². The molecule has 1 aromatic carbocycles. The van der Waals surface area contributed by atoms with Gasteiger partial charge in [-0.25, -0.2) is 14.8 Å². The number of hydrogen-bond acceptors (Lipinski definition) is 5. The summed E-state index contributed by atoms with van der Waals surface area (Å²) in [5.74, 6) is -0.106. The van der Waals surface area contributed by atoms with Crippen LogP contribution in [0.15, 0.2) is 41.3 Å². The van der Waals surface area contributed by atoms with Crippen molar-refractivity contribution in [1.29, 1.82) is 0 Å². The minimum atomic E-state index is -0.948. The van der Waals surface area contributed by atoms with Gasteiger partial charge in [0.2, 0.25) is 0 Å². The quantitative estimate of drug-likeness (QED) is 0.486. The van der Waals surface area contributed by atoms with Gasteiger partial charge in [-0.05, 0) is 41.3 Å². The molecule has 4 rings (SSSR count). The van der Waals surface area contributed by atoms with Gasteiger partial charge >= 0.3 is 6.09 Å². The molecule has 3 atom stereocenters. The number of carboxylic acid groups (broad SMARTS) is 1. The third kappa shape index (κ3) is 3.79. The van der Waals surface area contributed by atoms with Crippen molar-refractivity contribution in [2.75, 3.05) is 12.3 Å². The van der Waals surface area contributed by atoms with Gasteiger partial charge in [0.15, 0.2) is 0 Å². The lowest BCUT2D eigenvalue weighted by atomic mass is 10.1. The maximum absolute atomic E-state index is 13.4. The van der Waals surface area contributed by atoms with E-state index in [1.54, 1.807) is 0 Å². The Morgan fingerprint density at radius 3 is 2.66 bits per heavy atom. The molecule has 2 amide bonds. The minimum absolute atomic E-state index is 0.101. The average molecular weight is 501 g/mol. The van der Waals surface area contributed by atoms with E-state index in [0.717, 1.165) is 5.56 Å². The van der Waals surface area contributed by atoms with Crippen LogP contribution in [0.25, 0.3) is 11.0 Å². The summed E-state index contributed by atoms with van der Waals surface area (Å²) < 4.78 is 2.39. The van der Waals surface area contributed by atoms with Crippen LogP contribution < -0.4 is 11.1 Å². The topological polar surface area (TPSA) is 126 Å². The predicted octanol–water partition coefficient (Wildman–Crippen LogP) is 3.97. The van der Waals surface area contributed by atoms with Crippen molar-refractivity contribution in [1.82, 2.24) is 24.8 Å². The number of nitrogens with zero attached hydrogens (tertiary/aromatic N) is 4. The number of carbonyl (C=O) groups is 2. The van der Waals surface area contributed by atoms with Gasteiger partial charge in [0, 0.05) is 12.6 Å². The second kappa shape index (κ2) is 8.78. The Labute approximate surface area is 193 Å². The smallest absolute Gasteiger partial charge is 0.407 e. The molecule has 0 spiro atoms. The number of nitrogen functional groups attached to an aromatic ring is 1. The molecule has 1 aliphatic rings. The Balaban J connectivity index is 1.75. The summed E-state index contributed by atoms with van der Waals surface area (Å²) in [6.45, 7) is 4.19. The normalized spacial score (nSPS) is 19.3. The Morgan fingerprint density at radius 2 is 2.03 bits per heavy atom. The molecular weight excluding hydrogens is 476 g/mol. The largest absolute Gasteiger partial charge is 0.465 e. The number of amides is 2. The molecular formula is C22H25BrN6O3. The molecule has 4 N–H and O–H groups in total. The summed E-state index contributed by atoms with van der Waals surface area (Å²) in [6, 6.07) is 9.15. The first-order chi connectivity index (χ1) is 15.3. The molecule has 1 saturated heterocycles. The molecule has 0 saturated carbocycles. The van der Waals surface area contributed by atoms with Crippen molar-refractivity contribution in [2.45, 2.75) is 44.8 Å². The third-order valence-electron chi connectivity index (χ3n) is 6.10. The standard InChI is InChI=1S/C22H25BrN6O3/c1-3-14-9-15(10-28(14)22(31)32)29-18(23)16(17-19(24)25-11-26-20(17)29)21(30)27-12(2)13-7-5-4-6-8-13/h4-8,11-12,14-15H,3,9-10H2,1-2H3,(H,27,30)(H,31,32)(H2,24,25,26)/t12?,14-,15+/m0/s1. The summed E-state index contributed by atoms with van der Waals surface area (Å²) in [6.07, 6.45) is 1.74. The molecule has 32 heavy (non-hydrogen) atoms. The van der Waals surface area contributed by atoms with Gasteiger partial charge in [-0.1, -0.05) is 37.3 Å². The fraction of sp³-hybridized carbons (Fsp3) is 0.364. The number of rotatable bonds is 5. The summed E-state index contributed by atoms with van der Waals surface area (Å²) >= 11 is 3.60. The second-order valence-electron chi connectivity index (χ2n) is 7.99. The second-order valence-corrected chi connectivity index (χ2v) is 8.74. The third-order valence-corrected chi connectivity index (χ3v) is 6.88. The Morgan fingerprint density at radius 1 is 1.31 bits per heavy atom. The number of fused-ring (bicyclic) bond motifs is 1. The zero-order chi connectivity index (χ0) is 23.0. The number of nitrogens with two attached hydrogens (primary N) is 1. The number of anilines is 1. The van der Waals surface area contributed by atoms with Crippen LogP contribution >= 0.6 is 15.9 Å². The molecule has 0 aliphatic carbocycles. The van der Waals surface area contributed by atoms with Gasteiger partial charge in [-0.15, -0.1) is 0 Å². The maximum Gasteiger partial charge on any atom is 0.407 e. The van der Waals surface area contributed by atoms with Crippen LogP contribution in [-0.4, -0.2) is 49.1 Å². The molecule has 3 heterocycles. The van der Waals surface area contributed by atoms with E-state index in [1.807, 2.05) is 48.7 Å². The van der Waals surface area contributed by atoms with Crippen molar-refractivity contribution in [3.8, 4) is 0 Å². The summed E-state index contributed by atoms with van der Waals surface area (Å²) in [5, 5.41) is 13.1. The van der Waals surface area contributed by atoms with E-state index in [2.05, 4.69) is 31.2 Å². The van der Waals surface area contributed by atoms with Crippen LogP contribution in [0.5, 0.6) is 0 Å². The Hall–Kier alpha value is -3.14. The van der Waals surface area contributed by atoms with Gasteiger partial charge in [0.1, 0.15) is 22.4 Å². The molecule has 3 aromatic rings. The first-order valence-electron chi connectivity index (χ1n) is 10.5. The zero-order valence-corrected chi connectivity index (χ0v) is 19.4. The fourth-order valence-corrected chi connectivity index (χ4v) is 5.30. The number of halogens is 1. The molecule has 168 valence electrons. The highest BCUT2D eigenvalue weighted by Crippen LogP contribution is 2.39. The first kappa shape index (κ1) is 22.1. The van der Waals surface area contributed by atoms with E-state index in [0.29, 0.717) is 40.6 Å². The molecule has 0 bridgehead atoms. The highest BCUT2D eigenvalue weighted by Gasteiger charge is 2.38. The van der Waals surface area contributed by atoms with Crippen LogP contribution in [0.3, 0.4) is 0 Å². The average Bonchev–Trinajstić information content (AvgIpc) is 3.33. The van der Waals surface area contributed by atoms with E-state index < -0.39 is 6.09 Å². The van der Waals surface area contributed by atoms with E-state index in [4.69, 9.17) is 5.73 Å². The SMILES string of the molecule is CC[C@H]1C[C@@H](n2c(Br)c(C(=O)NC(C)c3ccccc3)c3c(N)ncnc32)CN1C(=O)O. The van der Waals surface area contributed by atoms with Crippen LogP contribution in [-0.2, 0) is 0 Å². The van der Waals surface area contributed by atoms with E-state index in [9.17, 15) is 14.7 Å².